The molecule has 100 valence electrons. The molecule has 0 saturated heterocycles. The van der Waals surface area contributed by atoms with Crippen molar-refractivity contribution in [2.24, 2.45) is 5.41 Å². The van der Waals surface area contributed by atoms with E-state index in [0.29, 0.717) is 0 Å². The lowest BCUT2D eigenvalue weighted by molar-refractivity contribution is 0.109. The second kappa shape index (κ2) is 6.40. The minimum atomic E-state index is -0.507. The number of carbonyl (C=O) groups is 1. The first-order valence-electron chi connectivity index (χ1n) is 6.01. The monoisotopic (exact) mass is 251 g/mol. The van der Waals surface area contributed by atoms with E-state index in [1.165, 1.54) is 0 Å². The van der Waals surface area contributed by atoms with Gasteiger partial charge in [-0.3, -0.25) is 0 Å². The smallest absolute Gasteiger partial charge is 0.407 e. The van der Waals surface area contributed by atoms with E-state index in [9.17, 15) is 9.90 Å². The van der Waals surface area contributed by atoms with Crippen LogP contribution in [0.5, 0.6) is 0 Å². The first kappa shape index (κ1) is 14.5. The fourth-order valence-electron chi connectivity index (χ4n) is 1.44. The fraction of sp³-hybridized carbons (Fsp3) is 0.500. The Balaban J connectivity index is 2.42. The van der Waals surface area contributed by atoms with Crippen LogP contribution in [0.25, 0.3) is 0 Å². The van der Waals surface area contributed by atoms with Crippen LogP contribution in [0, 0.1) is 5.41 Å². The zero-order valence-corrected chi connectivity index (χ0v) is 11.1. The molecule has 0 saturated carbocycles. The molecule has 0 aliphatic rings. The molecule has 0 bridgehead atoms. The van der Waals surface area contributed by atoms with Crippen LogP contribution in [0.15, 0.2) is 30.3 Å². The van der Waals surface area contributed by atoms with Crippen LogP contribution in [-0.4, -0.2) is 23.8 Å². The SMILES string of the molecule is CC(C)(C)[C@@H](CO)NC(=O)OCc1ccccc1. The van der Waals surface area contributed by atoms with Gasteiger partial charge in [-0.15, -0.1) is 0 Å². The summed E-state index contributed by atoms with van der Waals surface area (Å²) in [6.07, 6.45) is -0.507. The Morgan fingerprint density at radius 3 is 2.44 bits per heavy atom. The Morgan fingerprint density at radius 2 is 1.94 bits per heavy atom. The number of nitrogens with one attached hydrogen (secondary N) is 1. The molecule has 1 aromatic carbocycles. The van der Waals surface area contributed by atoms with Gasteiger partial charge in [-0.2, -0.15) is 0 Å². The largest absolute Gasteiger partial charge is 0.445 e. The molecule has 4 nitrogen and oxygen atoms in total. The Bertz CT molecular complexity index is 370. The van der Waals surface area contributed by atoms with E-state index in [4.69, 9.17) is 4.74 Å². The minimum absolute atomic E-state index is 0.107. The Morgan fingerprint density at radius 1 is 1.33 bits per heavy atom. The van der Waals surface area contributed by atoms with Gasteiger partial charge < -0.3 is 15.2 Å². The van der Waals surface area contributed by atoms with Crippen molar-refractivity contribution in [3.8, 4) is 0 Å². The van der Waals surface area contributed by atoms with Crippen molar-refractivity contribution in [2.75, 3.05) is 6.61 Å². The van der Waals surface area contributed by atoms with Crippen molar-refractivity contribution in [1.82, 2.24) is 5.32 Å². The van der Waals surface area contributed by atoms with Crippen molar-refractivity contribution < 1.29 is 14.6 Å². The molecule has 0 aromatic heterocycles. The predicted molar refractivity (Wildman–Crippen MR) is 70.1 cm³/mol. The molecule has 0 aliphatic carbocycles. The fourth-order valence-corrected chi connectivity index (χ4v) is 1.44. The van der Waals surface area contributed by atoms with Crippen LogP contribution in [-0.2, 0) is 11.3 Å². The highest BCUT2D eigenvalue weighted by molar-refractivity contribution is 5.67. The van der Waals surface area contributed by atoms with Gasteiger partial charge in [0.15, 0.2) is 0 Å². The number of alkyl carbamates (subject to hydrolysis) is 1. The third kappa shape index (κ3) is 4.75. The third-order valence-corrected chi connectivity index (χ3v) is 2.73. The van der Waals surface area contributed by atoms with Crippen LogP contribution in [0.1, 0.15) is 26.3 Å². The van der Waals surface area contributed by atoms with Gasteiger partial charge in [0.25, 0.3) is 0 Å². The van der Waals surface area contributed by atoms with Gasteiger partial charge in [-0.25, -0.2) is 4.79 Å². The number of hydrogen-bond donors (Lipinski definition) is 2. The average molecular weight is 251 g/mol. The van der Waals surface area contributed by atoms with Crippen LogP contribution in [0.4, 0.5) is 4.79 Å². The number of rotatable bonds is 4. The Labute approximate surface area is 108 Å². The van der Waals surface area contributed by atoms with Gasteiger partial charge in [-0.05, 0) is 11.0 Å². The molecule has 4 heteroatoms. The van der Waals surface area contributed by atoms with E-state index in [-0.39, 0.29) is 24.7 Å². The lowest BCUT2D eigenvalue weighted by Crippen LogP contribution is -2.46. The number of aliphatic hydroxyl groups is 1. The van der Waals surface area contributed by atoms with Gasteiger partial charge in [0.05, 0.1) is 12.6 Å². The Hall–Kier alpha value is -1.55. The van der Waals surface area contributed by atoms with Crippen molar-refractivity contribution in [3.63, 3.8) is 0 Å². The van der Waals surface area contributed by atoms with Crippen molar-refractivity contribution in [1.29, 1.82) is 0 Å². The molecule has 1 rings (SSSR count). The molecule has 0 radical (unpaired) electrons. The zero-order chi connectivity index (χ0) is 13.6. The maximum Gasteiger partial charge on any atom is 0.407 e. The summed E-state index contributed by atoms with van der Waals surface area (Å²) < 4.78 is 5.09. The molecule has 0 aliphatic heterocycles. The lowest BCUT2D eigenvalue weighted by Gasteiger charge is -2.29. The highest BCUT2D eigenvalue weighted by Gasteiger charge is 2.25. The van der Waals surface area contributed by atoms with Crippen molar-refractivity contribution >= 4 is 6.09 Å². The summed E-state index contributed by atoms with van der Waals surface area (Å²) in [5.74, 6) is 0. The molecule has 0 fully saturated rings. The topological polar surface area (TPSA) is 58.6 Å². The van der Waals surface area contributed by atoms with Gasteiger partial charge >= 0.3 is 6.09 Å². The molecule has 0 unspecified atom stereocenters. The molecule has 1 atom stereocenters. The van der Waals surface area contributed by atoms with E-state index in [1.54, 1.807) is 0 Å². The van der Waals surface area contributed by atoms with Crippen LogP contribution in [0.2, 0.25) is 0 Å². The maximum absolute atomic E-state index is 11.6. The molecule has 2 N–H and O–H groups in total. The first-order chi connectivity index (χ1) is 8.43. The molecule has 18 heavy (non-hydrogen) atoms. The summed E-state index contributed by atoms with van der Waals surface area (Å²) in [5, 5.41) is 11.9. The molecule has 1 aromatic rings. The minimum Gasteiger partial charge on any atom is -0.445 e. The molecule has 0 spiro atoms. The highest BCUT2D eigenvalue weighted by Crippen LogP contribution is 2.18. The first-order valence-corrected chi connectivity index (χ1v) is 6.01. The number of amides is 1. The summed E-state index contributed by atoms with van der Waals surface area (Å²) >= 11 is 0. The van der Waals surface area contributed by atoms with Crippen LogP contribution < -0.4 is 5.32 Å². The number of aliphatic hydroxyl groups excluding tert-OH is 1. The van der Waals surface area contributed by atoms with E-state index < -0.39 is 6.09 Å². The summed E-state index contributed by atoms with van der Waals surface area (Å²) in [6, 6.07) is 9.15. The Kier molecular flexibility index (Phi) is 5.16. The van der Waals surface area contributed by atoms with Crippen molar-refractivity contribution in [3.05, 3.63) is 35.9 Å². The number of benzene rings is 1. The third-order valence-electron chi connectivity index (χ3n) is 2.73. The number of carbonyl (C=O) groups excluding carboxylic acids is 1. The zero-order valence-electron chi connectivity index (χ0n) is 11.1. The summed E-state index contributed by atoms with van der Waals surface area (Å²) in [6.45, 7) is 5.97. The molecule has 0 heterocycles. The normalized spacial score (nSPS) is 12.9. The number of ether oxygens (including phenoxy) is 1. The average Bonchev–Trinajstić information content (AvgIpc) is 2.33. The van der Waals surface area contributed by atoms with Crippen LogP contribution >= 0.6 is 0 Å². The van der Waals surface area contributed by atoms with Crippen molar-refractivity contribution in [2.45, 2.75) is 33.4 Å². The summed E-state index contributed by atoms with van der Waals surface area (Å²) in [5.41, 5.74) is 0.726. The quantitative estimate of drug-likeness (QED) is 0.863. The lowest BCUT2D eigenvalue weighted by atomic mass is 9.87. The second-order valence-corrected chi connectivity index (χ2v) is 5.31. The van der Waals surface area contributed by atoms with Gasteiger partial charge in [0, 0.05) is 0 Å². The van der Waals surface area contributed by atoms with E-state index in [2.05, 4.69) is 5.32 Å². The van der Waals surface area contributed by atoms with E-state index >= 15 is 0 Å². The van der Waals surface area contributed by atoms with Gasteiger partial charge in [0.1, 0.15) is 6.61 Å². The summed E-state index contributed by atoms with van der Waals surface area (Å²) in [4.78, 5) is 11.6. The molecular formula is C14H21NO3. The standard InChI is InChI=1S/C14H21NO3/c1-14(2,3)12(9-16)15-13(17)18-10-11-7-5-4-6-8-11/h4-8,12,16H,9-10H2,1-3H3,(H,15,17)/t12-/m1/s1. The van der Waals surface area contributed by atoms with E-state index in [1.807, 2.05) is 51.1 Å². The van der Waals surface area contributed by atoms with Gasteiger partial charge in [-0.1, -0.05) is 51.1 Å². The maximum atomic E-state index is 11.6. The van der Waals surface area contributed by atoms with Gasteiger partial charge in [0.2, 0.25) is 0 Å². The number of hydrogen-bond acceptors (Lipinski definition) is 3. The second-order valence-electron chi connectivity index (χ2n) is 5.31. The molecule has 1 amide bonds. The van der Waals surface area contributed by atoms with E-state index in [0.717, 1.165) is 5.56 Å². The summed E-state index contributed by atoms with van der Waals surface area (Å²) in [7, 11) is 0. The van der Waals surface area contributed by atoms with Crippen LogP contribution in [0.3, 0.4) is 0 Å². The molecular weight excluding hydrogens is 230 g/mol. The predicted octanol–water partition coefficient (Wildman–Crippen LogP) is 2.32. The highest BCUT2D eigenvalue weighted by atomic mass is 16.5.